The molecule has 0 aromatic rings. The Kier molecular flexibility index (Phi) is 2.30. The molecular weight excluding hydrogens is 185 g/mol. The third-order valence-electron chi connectivity index (χ3n) is 5.36. The van der Waals surface area contributed by atoms with E-state index in [1.165, 1.54) is 19.4 Å². The van der Waals surface area contributed by atoms with Gasteiger partial charge in [0.1, 0.15) is 0 Å². The molecule has 0 bridgehead atoms. The van der Waals surface area contributed by atoms with Crippen LogP contribution in [0.1, 0.15) is 33.6 Å². The Bertz CT molecular complexity index is 281. The van der Waals surface area contributed by atoms with Crippen LogP contribution >= 0.6 is 0 Å². The molecule has 1 N–H and O–H groups in total. The predicted octanol–water partition coefficient (Wildman–Crippen LogP) is 1.11. The quantitative estimate of drug-likeness (QED) is 0.600. The third-order valence-corrected chi connectivity index (χ3v) is 5.36. The highest BCUT2D eigenvalue weighted by molar-refractivity contribution is 5.75. The van der Waals surface area contributed by atoms with Crippen LogP contribution in [0, 0.1) is 17.8 Å². The van der Waals surface area contributed by atoms with Crippen molar-refractivity contribution in [2.75, 3.05) is 13.1 Å². The fourth-order valence-electron chi connectivity index (χ4n) is 4.85. The second kappa shape index (κ2) is 3.01. The molecule has 15 heavy (non-hydrogen) atoms. The van der Waals surface area contributed by atoms with Crippen LogP contribution in [-0.4, -0.2) is 42.6 Å². The van der Waals surface area contributed by atoms with Crippen molar-refractivity contribution in [3.63, 3.8) is 0 Å². The smallest absolute Gasteiger partial charge is 0.0791 e. The van der Waals surface area contributed by atoms with E-state index < -0.39 is 5.60 Å². The Balaban J connectivity index is 0.000000853. The lowest BCUT2D eigenvalue weighted by atomic mass is 9.77. The first-order chi connectivity index (χ1) is 6.46. The Morgan fingerprint density at radius 3 is 2.60 bits per heavy atom. The van der Waals surface area contributed by atoms with Crippen LogP contribution in [0.25, 0.3) is 0 Å². The molecule has 0 amide bonds. The summed E-state index contributed by atoms with van der Waals surface area (Å²) in [7, 11) is 0. The van der Waals surface area contributed by atoms with Crippen molar-refractivity contribution in [1.29, 1.82) is 0 Å². The van der Waals surface area contributed by atoms with Crippen LogP contribution in [-0.2, 0) is 0 Å². The fourth-order valence-corrected chi connectivity index (χ4v) is 4.85. The number of rotatable bonds is 0. The highest BCUT2D eigenvalue weighted by atomic mass is 16.3. The van der Waals surface area contributed by atoms with Crippen molar-refractivity contribution in [1.82, 2.24) is 4.90 Å². The largest absolute Gasteiger partial charge is 0.388 e. The molecule has 2 saturated heterocycles. The fraction of sp³-hybridized carbons (Fsp3) is 1.00. The van der Waals surface area contributed by atoms with E-state index in [0.717, 1.165) is 18.4 Å². The number of nitrogens with zero attached hydrogens (tertiary/aromatic N) is 1. The number of β-amino-alcohol motifs (C(OH)–C–C–N with tert-alkyl or cyclic N) is 1. The molecule has 1 saturated carbocycles. The summed E-state index contributed by atoms with van der Waals surface area (Å²) in [5.41, 5.74) is -0.105. The molecule has 0 aromatic heterocycles. The molecule has 0 aromatic carbocycles. The zero-order chi connectivity index (χ0) is 10.1. The topological polar surface area (TPSA) is 23.5 Å². The minimum atomic E-state index is -0.427. The molecule has 3 heteroatoms. The van der Waals surface area contributed by atoms with E-state index in [2.05, 4.69) is 18.7 Å². The first-order valence-corrected chi connectivity index (χ1v) is 5.93. The van der Waals surface area contributed by atoms with E-state index in [1.54, 1.807) is 0 Å². The molecule has 3 radical (unpaired) electrons. The summed E-state index contributed by atoms with van der Waals surface area (Å²) in [6, 6.07) is 0. The third kappa shape index (κ3) is 1.14. The van der Waals surface area contributed by atoms with Gasteiger partial charge in [-0.05, 0) is 38.5 Å². The van der Waals surface area contributed by atoms with Crippen molar-refractivity contribution in [2.45, 2.75) is 44.8 Å². The lowest BCUT2D eigenvalue weighted by molar-refractivity contribution is 0.0212. The Morgan fingerprint density at radius 1 is 1.27 bits per heavy atom. The predicted molar refractivity (Wildman–Crippen MR) is 61.7 cm³/mol. The first kappa shape index (κ1) is 11.5. The zero-order valence-electron chi connectivity index (χ0n) is 10.0. The van der Waals surface area contributed by atoms with Gasteiger partial charge in [0.25, 0.3) is 0 Å². The molecule has 0 spiro atoms. The second-order valence-corrected chi connectivity index (χ2v) is 6.18. The summed E-state index contributed by atoms with van der Waals surface area (Å²) < 4.78 is 0. The van der Waals surface area contributed by atoms with Crippen LogP contribution in [0.2, 0.25) is 0 Å². The van der Waals surface area contributed by atoms with Crippen LogP contribution in [0.4, 0.5) is 0 Å². The summed E-state index contributed by atoms with van der Waals surface area (Å²) in [5.74, 6) is 2.19. The maximum absolute atomic E-state index is 10.4. The van der Waals surface area contributed by atoms with Crippen LogP contribution < -0.4 is 0 Å². The van der Waals surface area contributed by atoms with Gasteiger partial charge in [-0.3, -0.25) is 4.90 Å². The molecule has 0 unspecified atom stereocenters. The summed E-state index contributed by atoms with van der Waals surface area (Å²) in [5, 5.41) is 10.4. The van der Waals surface area contributed by atoms with Crippen molar-refractivity contribution < 1.29 is 5.11 Å². The molecule has 2 heterocycles. The first-order valence-electron chi connectivity index (χ1n) is 5.93. The molecule has 2 nitrogen and oxygen atoms in total. The molecule has 3 fully saturated rings. The van der Waals surface area contributed by atoms with Gasteiger partial charge in [0.05, 0.1) is 5.60 Å². The molecule has 3 rings (SSSR count). The van der Waals surface area contributed by atoms with E-state index in [1.807, 2.05) is 6.92 Å². The van der Waals surface area contributed by atoms with Crippen molar-refractivity contribution in [2.24, 2.45) is 17.8 Å². The summed E-state index contributed by atoms with van der Waals surface area (Å²) in [4.78, 5) is 2.56. The van der Waals surface area contributed by atoms with E-state index in [-0.39, 0.29) is 8.41 Å². The monoisotopic (exact) mass is 206 g/mol. The summed E-state index contributed by atoms with van der Waals surface area (Å²) >= 11 is 0. The molecule has 1 aliphatic carbocycles. The minimum absolute atomic E-state index is 0. The highest BCUT2D eigenvalue weighted by Crippen LogP contribution is 2.60. The maximum Gasteiger partial charge on any atom is 0.0791 e. The van der Waals surface area contributed by atoms with E-state index in [4.69, 9.17) is 0 Å². The van der Waals surface area contributed by atoms with Crippen LogP contribution in [0.3, 0.4) is 0 Å². The van der Waals surface area contributed by atoms with Gasteiger partial charge in [0.2, 0.25) is 0 Å². The standard InChI is InChI=1S/C12H21NO.B/c1-8-6-13-7-11(2,14)10-5-4-9(8)12(10,13)3;/h8-10,14H,4-7H2,1-3H3;/t8-,9+,10-,11-,12-;/m1./s1. The molecular formula is C12H21BNO. The Labute approximate surface area is 94.6 Å². The number of hydrogen-bond donors (Lipinski definition) is 1. The van der Waals surface area contributed by atoms with Crippen LogP contribution in [0.5, 0.6) is 0 Å². The SMILES string of the molecule is C[C@@H]1CN2C[C@@](C)(O)[C@H]3CC[C@@H]1[C@]32C.[B]. The number of hydrogen-bond acceptors (Lipinski definition) is 2. The molecule has 83 valence electrons. The van der Waals surface area contributed by atoms with Gasteiger partial charge in [0, 0.05) is 33.0 Å². The minimum Gasteiger partial charge on any atom is -0.388 e. The van der Waals surface area contributed by atoms with Gasteiger partial charge in [-0.1, -0.05) is 6.92 Å². The molecule has 2 aliphatic heterocycles. The van der Waals surface area contributed by atoms with Gasteiger partial charge < -0.3 is 5.11 Å². The summed E-state index contributed by atoms with van der Waals surface area (Å²) in [6.07, 6.45) is 2.56. The highest BCUT2D eigenvalue weighted by Gasteiger charge is 2.66. The van der Waals surface area contributed by atoms with E-state index in [9.17, 15) is 5.11 Å². The second-order valence-electron chi connectivity index (χ2n) is 6.18. The van der Waals surface area contributed by atoms with Gasteiger partial charge in [0.15, 0.2) is 0 Å². The van der Waals surface area contributed by atoms with Crippen molar-refractivity contribution in [3.05, 3.63) is 0 Å². The maximum atomic E-state index is 10.4. The van der Waals surface area contributed by atoms with Gasteiger partial charge in [-0.2, -0.15) is 0 Å². The lowest BCUT2D eigenvalue weighted by Crippen LogP contribution is -2.42. The lowest BCUT2D eigenvalue weighted by Gasteiger charge is -2.33. The normalized spacial score (nSPS) is 58.0. The zero-order valence-corrected chi connectivity index (χ0v) is 10.0. The molecule has 3 aliphatic rings. The van der Waals surface area contributed by atoms with E-state index in [0.29, 0.717) is 11.5 Å². The Morgan fingerprint density at radius 2 is 1.93 bits per heavy atom. The summed E-state index contributed by atoms with van der Waals surface area (Å²) in [6.45, 7) is 8.91. The Hall–Kier alpha value is -0.0151. The van der Waals surface area contributed by atoms with Crippen LogP contribution in [0.15, 0.2) is 0 Å². The van der Waals surface area contributed by atoms with Gasteiger partial charge in [-0.15, -0.1) is 0 Å². The van der Waals surface area contributed by atoms with Gasteiger partial charge >= 0.3 is 0 Å². The van der Waals surface area contributed by atoms with Crippen molar-refractivity contribution in [3.8, 4) is 0 Å². The molecule has 5 atom stereocenters. The average molecular weight is 206 g/mol. The van der Waals surface area contributed by atoms with Gasteiger partial charge in [-0.25, -0.2) is 0 Å². The van der Waals surface area contributed by atoms with Crippen molar-refractivity contribution >= 4 is 8.41 Å². The van der Waals surface area contributed by atoms with E-state index >= 15 is 0 Å². The average Bonchev–Trinajstić information content (AvgIpc) is 2.56. The number of aliphatic hydroxyl groups is 1.